The Bertz CT molecular complexity index is 1910. The average molecular weight is 621 g/mol. The molecule has 0 spiro atoms. The van der Waals surface area contributed by atoms with E-state index in [9.17, 15) is 14.4 Å². The summed E-state index contributed by atoms with van der Waals surface area (Å²) < 4.78 is 2.34. The molecular weight excluding hydrogens is 584 g/mol. The summed E-state index contributed by atoms with van der Waals surface area (Å²) >= 11 is 6.05. The zero-order valence-electron chi connectivity index (χ0n) is 25.5. The molecule has 5 aromatic rings. The van der Waals surface area contributed by atoms with Crippen molar-refractivity contribution >= 4 is 51.0 Å². The van der Waals surface area contributed by atoms with Crippen molar-refractivity contribution < 1.29 is 14.4 Å². The zero-order valence-corrected chi connectivity index (χ0v) is 26.2. The Labute approximate surface area is 267 Å². The summed E-state index contributed by atoms with van der Waals surface area (Å²) in [6.45, 7) is 4.35. The van der Waals surface area contributed by atoms with Gasteiger partial charge in [-0.3, -0.25) is 14.4 Å². The first-order chi connectivity index (χ1) is 21.6. The number of carbonyl (C=O) groups is 3. The summed E-state index contributed by atoms with van der Waals surface area (Å²) in [5, 5.41) is 10.0. The van der Waals surface area contributed by atoms with Crippen LogP contribution in [0, 0.1) is 5.92 Å². The van der Waals surface area contributed by atoms with Crippen LogP contribution >= 0.6 is 11.6 Å². The number of hydrogen-bond acceptors (Lipinski definition) is 3. The number of benzene rings is 4. The molecule has 3 amide bonds. The number of rotatable bonds is 9. The monoisotopic (exact) mass is 620 g/mol. The number of amides is 3. The topological polar surface area (TPSA) is 106 Å². The lowest BCUT2D eigenvalue weighted by Crippen LogP contribution is -2.64. The number of primary amides is 1. The van der Waals surface area contributed by atoms with Gasteiger partial charge in [0.05, 0.1) is 6.42 Å². The van der Waals surface area contributed by atoms with Crippen molar-refractivity contribution in [3.05, 3.63) is 118 Å². The highest BCUT2D eigenvalue weighted by atomic mass is 35.5. The molecule has 1 aromatic heterocycles. The lowest BCUT2D eigenvalue weighted by Gasteiger charge is -2.38. The van der Waals surface area contributed by atoms with Gasteiger partial charge in [0.1, 0.15) is 11.6 Å². The quantitative estimate of drug-likeness (QED) is 0.197. The third-order valence-corrected chi connectivity index (χ3v) is 9.22. The second-order valence-corrected chi connectivity index (χ2v) is 12.9. The van der Waals surface area contributed by atoms with Gasteiger partial charge in [0.2, 0.25) is 17.7 Å². The van der Waals surface area contributed by atoms with E-state index in [0.29, 0.717) is 24.4 Å². The fourth-order valence-electron chi connectivity index (χ4n) is 6.64. The molecule has 8 heteroatoms. The van der Waals surface area contributed by atoms with Crippen molar-refractivity contribution in [3.63, 3.8) is 0 Å². The highest BCUT2D eigenvalue weighted by Gasteiger charge is 2.45. The molecule has 1 aliphatic carbocycles. The minimum absolute atomic E-state index is 0.0895. The molecule has 0 radical (unpaired) electrons. The Morgan fingerprint density at radius 1 is 0.911 bits per heavy atom. The van der Waals surface area contributed by atoms with Gasteiger partial charge >= 0.3 is 0 Å². The first-order valence-corrected chi connectivity index (χ1v) is 15.7. The number of nitrogens with two attached hydrogens (primary N) is 1. The van der Waals surface area contributed by atoms with Gasteiger partial charge in [0.25, 0.3) is 0 Å². The van der Waals surface area contributed by atoms with E-state index in [-0.39, 0.29) is 24.7 Å². The fraction of sp³-hybridized carbons (Fsp3) is 0.270. The van der Waals surface area contributed by atoms with Crippen LogP contribution in [-0.2, 0) is 40.2 Å². The number of aromatic nitrogens is 1. The molecule has 2 atom stereocenters. The van der Waals surface area contributed by atoms with Gasteiger partial charge in [-0.25, -0.2) is 0 Å². The number of halogens is 1. The Kier molecular flexibility index (Phi) is 8.38. The Morgan fingerprint density at radius 3 is 2.33 bits per heavy atom. The molecule has 7 nitrogen and oxygen atoms in total. The van der Waals surface area contributed by atoms with Crippen LogP contribution in [0.25, 0.3) is 21.7 Å². The molecule has 0 unspecified atom stereocenters. The van der Waals surface area contributed by atoms with E-state index in [0.717, 1.165) is 27.7 Å². The minimum atomic E-state index is -1.27. The van der Waals surface area contributed by atoms with Crippen molar-refractivity contribution in [3.8, 4) is 0 Å². The van der Waals surface area contributed by atoms with Crippen LogP contribution in [0.2, 0.25) is 5.02 Å². The van der Waals surface area contributed by atoms with Crippen molar-refractivity contribution in [2.45, 2.75) is 57.7 Å². The van der Waals surface area contributed by atoms with Crippen LogP contribution in [0.3, 0.4) is 0 Å². The van der Waals surface area contributed by atoms with Crippen LogP contribution < -0.4 is 16.4 Å². The second-order valence-electron chi connectivity index (χ2n) is 12.4. The minimum Gasteiger partial charge on any atom is -0.368 e. The molecule has 0 saturated carbocycles. The van der Waals surface area contributed by atoms with E-state index in [1.54, 1.807) is 24.3 Å². The molecule has 0 saturated heterocycles. The summed E-state index contributed by atoms with van der Waals surface area (Å²) in [4.78, 5) is 40.0. The van der Waals surface area contributed by atoms with Gasteiger partial charge in [-0.15, -0.1) is 0 Å². The first-order valence-electron chi connectivity index (χ1n) is 15.4. The molecule has 230 valence electrons. The largest absolute Gasteiger partial charge is 0.368 e. The van der Waals surface area contributed by atoms with Crippen LogP contribution in [0.5, 0.6) is 0 Å². The van der Waals surface area contributed by atoms with Gasteiger partial charge in [-0.2, -0.15) is 0 Å². The number of nitrogens with zero attached hydrogens (tertiary/aromatic N) is 1. The van der Waals surface area contributed by atoms with Crippen molar-refractivity contribution in [1.29, 1.82) is 0 Å². The fourth-order valence-corrected chi connectivity index (χ4v) is 6.76. The molecule has 1 heterocycles. The molecule has 0 fully saturated rings. The Hall–Kier alpha value is -4.62. The lowest BCUT2D eigenvalue weighted by molar-refractivity contribution is -0.136. The Morgan fingerprint density at radius 2 is 1.60 bits per heavy atom. The number of carbonyl (C=O) groups excluding carboxylic acids is 3. The number of para-hydroxylation sites is 1. The van der Waals surface area contributed by atoms with Gasteiger partial charge in [-0.05, 0) is 70.5 Å². The molecule has 1 aliphatic rings. The average Bonchev–Trinajstić information content (AvgIpc) is 3.32. The summed E-state index contributed by atoms with van der Waals surface area (Å²) in [6.07, 6.45) is 1.31. The molecule has 45 heavy (non-hydrogen) atoms. The molecule has 0 bridgehead atoms. The number of hydrogen-bond donors (Lipinski definition) is 3. The van der Waals surface area contributed by atoms with E-state index in [2.05, 4.69) is 57.7 Å². The predicted octanol–water partition coefficient (Wildman–Crippen LogP) is 5.71. The summed E-state index contributed by atoms with van der Waals surface area (Å²) in [7, 11) is 0. The van der Waals surface area contributed by atoms with Crippen molar-refractivity contribution in [2.24, 2.45) is 11.7 Å². The highest BCUT2D eigenvalue weighted by molar-refractivity contribution is 6.30. The third-order valence-electron chi connectivity index (χ3n) is 8.97. The van der Waals surface area contributed by atoms with Crippen molar-refractivity contribution in [2.75, 3.05) is 0 Å². The van der Waals surface area contributed by atoms with E-state index >= 15 is 0 Å². The van der Waals surface area contributed by atoms with E-state index < -0.39 is 23.4 Å². The maximum Gasteiger partial charge on any atom is 0.246 e. The maximum absolute atomic E-state index is 14.2. The molecule has 4 N–H and O–H groups in total. The lowest BCUT2D eigenvalue weighted by atomic mass is 9.78. The molecule has 0 aliphatic heterocycles. The van der Waals surface area contributed by atoms with E-state index in [1.165, 1.54) is 16.3 Å². The Balaban J connectivity index is 1.38. The number of nitrogens with one attached hydrogen (secondary N) is 2. The SMILES string of the molecule is CC(C)[C@H](NC(=O)[C@@]1(NC(=O)Cc2ccc(Cl)cc2)CCc2c(c3ccccc3n2Cc2ccc3ccccc3c2)C1)C(N)=O. The molecule has 6 rings (SSSR count). The van der Waals surface area contributed by atoms with Crippen LogP contribution in [0.15, 0.2) is 91.0 Å². The predicted molar refractivity (Wildman–Crippen MR) is 179 cm³/mol. The maximum atomic E-state index is 14.2. The van der Waals surface area contributed by atoms with Crippen LogP contribution in [0.1, 0.15) is 42.7 Å². The van der Waals surface area contributed by atoms with Crippen LogP contribution in [-0.4, -0.2) is 33.9 Å². The summed E-state index contributed by atoms with van der Waals surface area (Å²) in [5.41, 5.74) is 9.64. The smallest absolute Gasteiger partial charge is 0.246 e. The summed E-state index contributed by atoms with van der Waals surface area (Å²) in [5.74, 6) is -1.50. The van der Waals surface area contributed by atoms with Gasteiger partial charge < -0.3 is 20.9 Å². The van der Waals surface area contributed by atoms with E-state index in [4.69, 9.17) is 17.3 Å². The van der Waals surface area contributed by atoms with Gasteiger partial charge in [0, 0.05) is 34.6 Å². The van der Waals surface area contributed by atoms with E-state index in [1.807, 2.05) is 38.1 Å². The molecule has 4 aromatic carbocycles. The molecular formula is C37H37ClN4O3. The summed E-state index contributed by atoms with van der Waals surface area (Å²) in [6, 6.07) is 29.3. The van der Waals surface area contributed by atoms with Gasteiger partial charge in [-0.1, -0.05) is 92.2 Å². The van der Waals surface area contributed by atoms with Crippen molar-refractivity contribution in [1.82, 2.24) is 15.2 Å². The first kappa shape index (κ1) is 30.4. The van der Waals surface area contributed by atoms with Gasteiger partial charge in [0.15, 0.2) is 0 Å². The number of fused-ring (bicyclic) bond motifs is 4. The zero-order chi connectivity index (χ0) is 31.7. The normalized spacial score (nSPS) is 16.8. The van der Waals surface area contributed by atoms with Crippen LogP contribution in [0.4, 0.5) is 0 Å². The standard InChI is InChI=1S/C37H37ClN4O3/c1-23(2)34(35(39)44)40-36(45)37(41-33(43)20-24-12-15-28(38)16-13-24)18-17-32-30(21-37)29-9-5-6-10-31(29)42(32)22-25-11-14-26-7-3-4-8-27(26)19-25/h3-16,19,23,34H,17-18,20-22H2,1-2H3,(H2,39,44)(H,40,45)(H,41,43)/t34-,37+/m0/s1. The second kappa shape index (κ2) is 12.4. The third kappa shape index (κ3) is 6.18. The highest BCUT2D eigenvalue weighted by Crippen LogP contribution is 2.37.